The first-order valence-corrected chi connectivity index (χ1v) is 10.2. The van der Waals surface area contributed by atoms with Gasteiger partial charge in [-0.15, -0.1) is 0 Å². The molecule has 0 saturated heterocycles. The number of aromatic nitrogens is 3. The van der Waals surface area contributed by atoms with E-state index in [9.17, 15) is 8.42 Å². The lowest BCUT2D eigenvalue weighted by Crippen LogP contribution is -2.15. The number of halogens is 1. The topological polar surface area (TPSA) is 89.2 Å². The Labute approximate surface area is 163 Å². The predicted molar refractivity (Wildman–Crippen MR) is 108 cm³/mol. The molecule has 2 aromatic heterocycles. The molecule has 3 aromatic rings. The Balaban J connectivity index is 2.18. The van der Waals surface area contributed by atoms with Crippen molar-refractivity contribution in [3.63, 3.8) is 0 Å². The zero-order valence-electron chi connectivity index (χ0n) is 15.4. The van der Waals surface area contributed by atoms with E-state index in [4.69, 9.17) is 11.6 Å². The van der Waals surface area contributed by atoms with Crippen molar-refractivity contribution < 1.29 is 8.42 Å². The monoisotopic (exact) mass is 405 g/mol. The molecule has 0 spiro atoms. The predicted octanol–water partition coefficient (Wildman–Crippen LogP) is 3.99. The van der Waals surface area contributed by atoms with Gasteiger partial charge in [-0.05, 0) is 49.6 Å². The largest absolute Gasteiger partial charge is 0.269 e. The van der Waals surface area contributed by atoms with E-state index in [1.54, 1.807) is 43.5 Å². The SMILES string of the molecule is Cc1ccc(S(=O)(=O)n2c(C)cc3c(N/N=C/C(C)C)nc(Cl)nc32)cc1. The van der Waals surface area contributed by atoms with Crippen molar-refractivity contribution in [3.05, 3.63) is 46.9 Å². The second kappa shape index (κ2) is 7.28. The summed E-state index contributed by atoms with van der Waals surface area (Å²) in [6.07, 6.45) is 1.72. The molecule has 0 aliphatic carbocycles. The van der Waals surface area contributed by atoms with Crippen LogP contribution in [0.1, 0.15) is 25.1 Å². The van der Waals surface area contributed by atoms with Gasteiger partial charge in [0, 0.05) is 11.9 Å². The van der Waals surface area contributed by atoms with Gasteiger partial charge in [0.05, 0.1) is 10.3 Å². The highest BCUT2D eigenvalue weighted by Gasteiger charge is 2.24. The van der Waals surface area contributed by atoms with Crippen molar-refractivity contribution in [2.45, 2.75) is 32.6 Å². The van der Waals surface area contributed by atoms with Crippen molar-refractivity contribution in [2.24, 2.45) is 11.0 Å². The minimum Gasteiger partial charge on any atom is -0.261 e. The number of hydrazone groups is 1. The average Bonchev–Trinajstić information content (AvgIpc) is 2.91. The maximum Gasteiger partial charge on any atom is 0.269 e. The van der Waals surface area contributed by atoms with Crippen LogP contribution in [0.2, 0.25) is 5.28 Å². The maximum absolute atomic E-state index is 13.2. The molecule has 3 rings (SSSR count). The van der Waals surface area contributed by atoms with Gasteiger partial charge in [-0.25, -0.2) is 12.4 Å². The van der Waals surface area contributed by atoms with Crippen LogP contribution in [-0.2, 0) is 10.0 Å². The summed E-state index contributed by atoms with van der Waals surface area (Å²) in [5.41, 5.74) is 4.50. The number of benzene rings is 1. The lowest BCUT2D eigenvalue weighted by atomic mass is 10.2. The Hall–Kier alpha value is -2.45. The van der Waals surface area contributed by atoms with Crippen LogP contribution in [0.5, 0.6) is 0 Å². The maximum atomic E-state index is 13.2. The molecule has 0 radical (unpaired) electrons. The molecule has 0 bridgehead atoms. The molecule has 0 saturated carbocycles. The van der Waals surface area contributed by atoms with Gasteiger partial charge in [0.1, 0.15) is 0 Å². The standard InChI is InChI=1S/C18H20ClN5O2S/c1-11(2)10-20-23-16-15-9-13(4)24(17(15)22-18(19)21-16)27(25,26)14-7-5-12(3)6-8-14/h5-11H,1-4H3,(H,21,22,23)/b20-10+. The Morgan fingerprint density at radius 1 is 1.19 bits per heavy atom. The van der Waals surface area contributed by atoms with E-state index in [2.05, 4.69) is 20.5 Å². The third kappa shape index (κ3) is 3.81. The molecule has 1 N–H and O–H groups in total. The molecule has 0 fully saturated rings. The lowest BCUT2D eigenvalue weighted by Gasteiger charge is -2.10. The normalized spacial score (nSPS) is 12.4. The van der Waals surface area contributed by atoms with Crippen molar-refractivity contribution in [1.29, 1.82) is 0 Å². The van der Waals surface area contributed by atoms with E-state index in [-0.39, 0.29) is 21.7 Å². The van der Waals surface area contributed by atoms with Gasteiger partial charge in [0.15, 0.2) is 11.5 Å². The average molecular weight is 406 g/mol. The number of nitrogens with zero attached hydrogens (tertiary/aromatic N) is 4. The number of aryl methyl sites for hydroxylation is 2. The fraction of sp³-hybridized carbons (Fsp3) is 0.278. The molecule has 9 heteroatoms. The first-order valence-electron chi connectivity index (χ1n) is 8.37. The molecule has 0 aliphatic heterocycles. The molecule has 0 atom stereocenters. The molecule has 27 heavy (non-hydrogen) atoms. The van der Waals surface area contributed by atoms with Crippen LogP contribution in [0.3, 0.4) is 0 Å². The van der Waals surface area contributed by atoms with Crippen LogP contribution in [-0.4, -0.2) is 28.6 Å². The highest BCUT2D eigenvalue weighted by Crippen LogP contribution is 2.29. The highest BCUT2D eigenvalue weighted by molar-refractivity contribution is 7.90. The van der Waals surface area contributed by atoms with E-state index < -0.39 is 10.0 Å². The Morgan fingerprint density at radius 2 is 1.85 bits per heavy atom. The number of rotatable bonds is 5. The van der Waals surface area contributed by atoms with Crippen LogP contribution >= 0.6 is 11.6 Å². The molecular weight excluding hydrogens is 386 g/mol. The van der Waals surface area contributed by atoms with E-state index in [0.717, 1.165) is 5.56 Å². The van der Waals surface area contributed by atoms with Gasteiger partial charge in [0.2, 0.25) is 5.28 Å². The van der Waals surface area contributed by atoms with Crippen LogP contribution in [0.4, 0.5) is 5.82 Å². The summed E-state index contributed by atoms with van der Waals surface area (Å²) in [4.78, 5) is 8.47. The Morgan fingerprint density at radius 3 is 2.48 bits per heavy atom. The number of fused-ring (bicyclic) bond motifs is 1. The third-order valence-electron chi connectivity index (χ3n) is 3.87. The van der Waals surface area contributed by atoms with E-state index in [0.29, 0.717) is 16.9 Å². The minimum atomic E-state index is -3.84. The van der Waals surface area contributed by atoms with Gasteiger partial charge in [0.25, 0.3) is 10.0 Å². The second-order valence-electron chi connectivity index (χ2n) is 6.58. The molecule has 0 amide bonds. The second-order valence-corrected chi connectivity index (χ2v) is 8.71. The molecule has 1 aromatic carbocycles. The fourth-order valence-electron chi connectivity index (χ4n) is 2.61. The third-order valence-corrected chi connectivity index (χ3v) is 5.85. The van der Waals surface area contributed by atoms with E-state index >= 15 is 0 Å². The zero-order valence-corrected chi connectivity index (χ0v) is 17.0. The molecule has 142 valence electrons. The fourth-order valence-corrected chi connectivity index (χ4v) is 4.26. The summed E-state index contributed by atoms with van der Waals surface area (Å²) in [7, 11) is -3.84. The Kier molecular flexibility index (Phi) is 5.21. The quantitative estimate of drug-likeness (QED) is 0.393. The van der Waals surface area contributed by atoms with Crippen LogP contribution in [0, 0.1) is 19.8 Å². The number of anilines is 1. The van der Waals surface area contributed by atoms with Gasteiger partial charge in [-0.2, -0.15) is 15.1 Å². The number of hydrogen-bond acceptors (Lipinski definition) is 6. The van der Waals surface area contributed by atoms with Gasteiger partial charge in [-0.1, -0.05) is 31.5 Å². The van der Waals surface area contributed by atoms with Crippen LogP contribution < -0.4 is 5.43 Å². The molecular formula is C18H20ClN5O2S. The van der Waals surface area contributed by atoms with Crippen molar-refractivity contribution in [1.82, 2.24) is 13.9 Å². The van der Waals surface area contributed by atoms with Crippen molar-refractivity contribution in [2.75, 3.05) is 5.43 Å². The minimum absolute atomic E-state index is 0.0665. The number of nitrogens with one attached hydrogen (secondary N) is 1. The number of hydrogen-bond donors (Lipinski definition) is 1. The van der Waals surface area contributed by atoms with Gasteiger partial charge < -0.3 is 0 Å². The van der Waals surface area contributed by atoms with E-state index in [1.165, 1.54) is 3.97 Å². The summed E-state index contributed by atoms with van der Waals surface area (Å²) < 4.78 is 27.5. The first kappa shape index (κ1) is 19.3. The summed E-state index contributed by atoms with van der Waals surface area (Å²) in [6, 6.07) is 8.35. The van der Waals surface area contributed by atoms with E-state index in [1.807, 2.05) is 20.8 Å². The summed E-state index contributed by atoms with van der Waals surface area (Å²) in [5.74, 6) is 0.599. The molecule has 2 heterocycles. The Bertz CT molecular complexity index is 1120. The van der Waals surface area contributed by atoms with Crippen LogP contribution in [0.25, 0.3) is 11.0 Å². The first-order chi connectivity index (χ1) is 12.7. The molecule has 0 aliphatic rings. The lowest BCUT2D eigenvalue weighted by molar-refractivity contribution is 0.587. The molecule has 7 nitrogen and oxygen atoms in total. The summed E-state index contributed by atoms with van der Waals surface area (Å²) in [6.45, 7) is 7.57. The zero-order chi connectivity index (χ0) is 19.8. The summed E-state index contributed by atoms with van der Waals surface area (Å²) >= 11 is 6.04. The van der Waals surface area contributed by atoms with Crippen molar-refractivity contribution in [3.8, 4) is 0 Å². The summed E-state index contributed by atoms with van der Waals surface area (Å²) in [5, 5.41) is 4.57. The van der Waals surface area contributed by atoms with Gasteiger partial charge in [-0.3, -0.25) is 5.43 Å². The van der Waals surface area contributed by atoms with Crippen LogP contribution in [0.15, 0.2) is 40.3 Å². The molecule has 0 unspecified atom stereocenters. The smallest absolute Gasteiger partial charge is 0.261 e. The van der Waals surface area contributed by atoms with Gasteiger partial charge >= 0.3 is 0 Å². The van der Waals surface area contributed by atoms with Crippen molar-refractivity contribution >= 4 is 44.7 Å². The highest BCUT2D eigenvalue weighted by atomic mass is 35.5.